The molecule has 0 saturated heterocycles. The second-order valence-corrected chi connectivity index (χ2v) is 7.09. The lowest BCUT2D eigenvalue weighted by atomic mass is 10.1. The third kappa shape index (κ3) is 5.82. The minimum atomic E-state index is -1.65. The molecule has 8 heteroatoms. The maximum atomic E-state index is 13.8. The van der Waals surface area contributed by atoms with Crippen LogP contribution in [0.25, 0.3) is 10.8 Å². The maximum Gasteiger partial charge on any atom is 0.238 e. The molecule has 0 unspecified atom stereocenters. The first-order valence-electron chi connectivity index (χ1n) is 9.81. The molecule has 5 nitrogen and oxygen atoms in total. The number of benzene rings is 3. The predicted octanol–water partition coefficient (Wildman–Crippen LogP) is 4.55. The van der Waals surface area contributed by atoms with E-state index in [2.05, 4.69) is 10.6 Å². The molecule has 0 aromatic heterocycles. The number of halogens is 3. The quantitative estimate of drug-likeness (QED) is 0.517. The van der Waals surface area contributed by atoms with E-state index in [0.717, 1.165) is 22.9 Å². The number of nitrogens with zero attached hydrogens (tertiary/aromatic N) is 1. The molecule has 0 heterocycles. The van der Waals surface area contributed by atoms with Gasteiger partial charge in [0.15, 0.2) is 17.5 Å². The largest absolute Gasteiger partial charge is 0.325 e. The Kier molecular flexibility index (Phi) is 7.25. The molecule has 162 valence electrons. The van der Waals surface area contributed by atoms with Crippen molar-refractivity contribution >= 4 is 34.0 Å². The second-order valence-electron chi connectivity index (χ2n) is 7.09. The van der Waals surface area contributed by atoms with Crippen molar-refractivity contribution in [1.29, 1.82) is 0 Å². The molecule has 2 N–H and O–H groups in total. The third-order valence-electron chi connectivity index (χ3n) is 4.62. The molecule has 0 spiro atoms. The lowest BCUT2D eigenvalue weighted by Gasteiger charge is -2.21. The Bertz CT molecular complexity index is 1100. The van der Waals surface area contributed by atoms with Gasteiger partial charge in [0.25, 0.3) is 0 Å². The molecule has 0 radical (unpaired) electrons. The Morgan fingerprint density at radius 1 is 0.839 bits per heavy atom. The number of anilines is 2. The summed E-state index contributed by atoms with van der Waals surface area (Å²) in [6.07, 6.45) is 0.677. The first-order valence-corrected chi connectivity index (χ1v) is 9.81. The fourth-order valence-corrected chi connectivity index (χ4v) is 3.22. The van der Waals surface area contributed by atoms with Gasteiger partial charge in [-0.25, -0.2) is 13.2 Å². The highest BCUT2D eigenvalue weighted by Crippen LogP contribution is 2.20. The number of hydrogen-bond donors (Lipinski definition) is 2. The van der Waals surface area contributed by atoms with Gasteiger partial charge in [-0.15, -0.1) is 0 Å². The smallest absolute Gasteiger partial charge is 0.238 e. The topological polar surface area (TPSA) is 61.4 Å². The summed E-state index contributed by atoms with van der Waals surface area (Å²) >= 11 is 0. The van der Waals surface area contributed by atoms with Gasteiger partial charge in [0.05, 0.1) is 18.8 Å². The maximum absolute atomic E-state index is 13.8. The summed E-state index contributed by atoms with van der Waals surface area (Å²) in [6, 6.07) is 15.0. The van der Waals surface area contributed by atoms with Crippen LogP contribution in [0.15, 0.2) is 54.6 Å². The Balaban J connectivity index is 1.61. The van der Waals surface area contributed by atoms with Crippen molar-refractivity contribution in [3.8, 4) is 0 Å². The Morgan fingerprint density at radius 2 is 1.52 bits per heavy atom. The fraction of sp³-hybridized carbons (Fsp3) is 0.217. The average Bonchev–Trinajstić information content (AvgIpc) is 2.74. The van der Waals surface area contributed by atoms with Crippen LogP contribution in [0.1, 0.15) is 13.3 Å². The first-order chi connectivity index (χ1) is 14.9. The zero-order chi connectivity index (χ0) is 22.4. The Morgan fingerprint density at radius 3 is 2.23 bits per heavy atom. The van der Waals surface area contributed by atoms with Crippen LogP contribution in [-0.2, 0) is 9.59 Å². The van der Waals surface area contributed by atoms with E-state index in [1.54, 1.807) is 11.0 Å². The number of fused-ring (bicyclic) bond motifs is 1. The van der Waals surface area contributed by atoms with Gasteiger partial charge in [-0.3, -0.25) is 14.5 Å². The standard InChI is InChI=1S/C23H22F3N3O2/c1-2-11-29(14-21(31)28-19-10-9-18(24)22(25)23(19)26)13-20(30)27-17-8-7-15-5-3-4-6-16(15)12-17/h3-10,12H,2,11,13-14H2,1H3,(H,27,30)(H,28,31). The molecule has 0 bridgehead atoms. The van der Waals surface area contributed by atoms with Crippen LogP contribution in [-0.4, -0.2) is 36.3 Å². The second kappa shape index (κ2) is 10.1. The third-order valence-corrected chi connectivity index (χ3v) is 4.62. The van der Waals surface area contributed by atoms with E-state index in [1.165, 1.54) is 0 Å². The SMILES string of the molecule is CCCN(CC(=O)Nc1ccc2ccccc2c1)CC(=O)Nc1ccc(F)c(F)c1F. The Hall–Kier alpha value is -3.39. The van der Waals surface area contributed by atoms with Gasteiger partial charge in [0.2, 0.25) is 11.8 Å². The highest BCUT2D eigenvalue weighted by molar-refractivity contribution is 5.96. The number of rotatable bonds is 8. The van der Waals surface area contributed by atoms with Crippen molar-refractivity contribution in [1.82, 2.24) is 4.90 Å². The van der Waals surface area contributed by atoms with E-state index >= 15 is 0 Å². The molecular weight excluding hydrogens is 407 g/mol. The molecule has 2 amide bonds. The normalized spacial score (nSPS) is 11.0. The summed E-state index contributed by atoms with van der Waals surface area (Å²) in [5.74, 6) is -5.41. The lowest BCUT2D eigenvalue weighted by molar-refractivity contribution is -0.120. The number of carbonyl (C=O) groups excluding carboxylic acids is 2. The highest BCUT2D eigenvalue weighted by atomic mass is 19.2. The van der Waals surface area contributed by atoms with E-state index in [-0.39, 0.29) is 19.0 Å². The summed E-state index contributed by atoms with van der Waals surface area (Å²) in [7, 11) is 0. The zero-order valence-electron chi connectivity index (χ0n) is 16.9. The van der Waals surface area contributed by atoms with E-state index in [0.29, 0.717) is 18.7 Å². The van der Waals surface area contributed by atoms with Gasteiger partial charge in [-0.2, -0.15) is 0 Å². The summed E-state index contributed by atoms with van der Waals surface area (Å²) in [5.41, 5.74) is 0.175. The number of hydrogen-bond acceptors (Lipinski definition) is 3. The Labute approximate surface area is 177 Å². The van der Waals surface area contributed by atoms with Crippen LogP contribution in [0.2, 0.25) is 0 Å². The van der Waals surface area contributed by atoms with E-state index < -0.39 is 29.0 Å². The molecule has 3 aromatic rings. The van der Waals surface area contributed by atoms with Gasteiger partial charge in [0.1, 0.15) is 0 Å². The molecular formula is C23H22F3N3O2. The molecule has 3 aromatic carbocycles. The van der Waals surface area contributed by atoms with Crippen LogP contribution in [0.4, 0.5) is 24.5 Å². The van der Waals surface area contributed by atoms with Crippen LogP contribution < -0.4 is 10.6 Å². The highest BCUT2D eigenvalue weighted by Gasteiger charge is 2.18. The summed E-state index contributed by atoms with van der Waals surface area (Å²) < 4.78 is 40.1. The van der Waals surface area contributed by atoms with Crippen molar-refractivity contribution in [3.63, 3.8) is 0 Å². The summed E-state index contributed by atoms with van der Waals surface area (Å²) in [5, 5.41) is 7.06. The minimum absolute atomic E-state index is 0.0612. The first kappa shape index (κ1) is 22.3. The number of nitrogens with one attached hydrogen (secondary N) is 2. The van der Waals surface area contributed by atoms with Crippen molar-refractivity contribution in [2.75, 3.05) is 30.3 Å². The van der Waals surface area contributed by atoms with Gasteiger partial charge in [0, 0.05) is 5.69 Å². The number of carbonyl (C=O) groups is 2. The molecule has 31 heavy (non-hydrogen) atoms. The van der Waals surface area contributed by atoms with Crippen LogP contribution in [0.3, 0.4) is 0 Å². The average molecular weight is 429 g/mol. The monoisotopic (exact) mass is 429 g/mol. The van der Waals surface area contributed by atoms with Gasteiger partial charge in [-0.1, -0.05) is 37.3 Å². The molecule has 0 aliphatic rings. The van der Waals surface area contributed by atoms with Gasteiger partial charge in [-0.05, 0) is 48.0 Å². The van der Waals surface area contributed by atoms with Crippen LogP contribution in [0, 0.1) is 17.5 Å². The van der Waals surface area contributed by atoms with E-state index in [9.17, 15) is 22.8 Å². The van der Waals surface area contributed by atoms with Crippen molar-refractivity contribution < 1.29 is 22.8 Å². The van der Waals surface area contributed by atoms with Crippen molar-refractivity contribution in [2.24, 2.45) is 0 Å². The summed E-state index contributed by atoms with van der Waals surface area (Å²) in [6.45, 7) is 2.06. The van der Waals surface area contributed by atoms with E-state index in [1.807, 2.05) is 43.3 Å². The molecule has 0 atom stereocenters. The molecule has 3 rings (SSSR count). The lowest BCUT2D eigenvalue weighted by Crippen LogP contribution is -2.39. The molecule has 0 saturated carbocycles. The fourth-order valence-electron chi connectivity index (χ4n) is 3.22. The number of amides is 2. The van der Waals surface area contributed by atoms with Gasteiger partial charge >= 0.3 is 0 Å². The van der Waals surface area contributed by atoms with Crippen molar-refractivity contribution in [2.45, 2.75) is 13.3 Å². The van der Waals surface area contributed by atoms with Gasteiger partial charge < -0.3 is 10.6 Å². The van der Waals surface area contributed by atoms with Crippen LogP contribution in [0.5, 0.6) is 0 Å². The van der Waals surface area contributed by atoms with Crippen molar-refractivity contribution in [3.05, 3.63) is 72.0 Å². The predicted molar refractivity (Wildman–Crippen MR) is 114 cm³/mol. The zero-order valence-corrected chi connectivity index (χ0v) is 16.9. The van der Waals surface area contributed by atoms with E-state index in [4.69, 9.17) is 0 Å². The molecule has 0 aliphatic heterocycles. The van der Waals surface area contributed by atoms with Crippen LogP contribution >= 0.6 is 0 Å². The molecule has 0 fully saturated rings. The summed E-state index contributed by atoms with van der Waals surface area (Å²) in [4.78, 5) is 26.3. The molecule has 0 aliphatic carbocycles. The minimum Gasteiger partial charge on any atom is -0.325 e.